The SMILES string of the molecule is C[C@@]1(F)CNC[C@@H](Nc2nccc(-c3cccnc3Oc3ccc(C(N[SH](=O)=O)c4ccccc4)c(F)c3F)n2)C1. The molecule has 13 heteroatoms. The number of piperidine rings is 1. The first kappa shape index (κ1) is 28.5. The zero-order valence-corrected chi connectivity index (χ0v) is 22.7. The summed E-state index contributed by atoms with van der Waals surface area (Å²) in [4.78, 5) is 12.9. The van der Waals surface area contributed by atoms with E-state index in [0.717, 1.165) is 0 Å². The zero-order chi connectivity index (χ0) is 29.0. The molecule has 0 spiro atoms. The van der Waals surface area contributed by atoms with Crippen molar-refractivity contribution in [3.8, 4) is 22.9 Å². The number of rotatable bonds is 9. The average Bonchev–Trinajstić information content (AvgIpc) is 2.95. The van der Waals surface area contributed by atoms with E-state index in [1.54, 1.807) is 48.5 Å². The fourth-order valence-corrected chi connectivity index (χ4v) is 5.22. The van der Waals surface area contributed by atoms with Crippen LogP contribution in [0.5, 0.6) is 11.6 Å². The lowest BCUT2D eigenvalue weighted by molar-refractivity contribution is 0.137. The maximum atomic E-state index is 15.3. The smallest absolute Gasteiger partial charge is 0.228 e. The van der Waals surface area contributed by atoms with Crippen LogP contribution in [0.3, 0.4) is 0 Å². The second kappa shape index (κ2) is 12.2. The van der Waals surface area contributed by atoms with Gasteiger partial charge in [-0.2, -0.15) is 4.39 Å². The summed E-state index contributed by atoms with van der Waals surface area (Å²) in [6.45, 7) is 2.34. The Morgan fingerprint density at radius 2 is 1.83 bits per heavy atom. The average molecular weight is 585 g/mol. The number of alkyl halides is 1. The molecule has 4 aromatic rings. The van der Waals surface area contributed by atoms with Gasteiger partial charge in [-0.3, -0.25) is 0 Å². The Kier molecular flexibility index (Phi) is 8.47. The summed E-state index contributed by atoms with van der Waals surface area (Å²) >= 11 is 0. The third kappa shape index (κ3) is 6.81. The zero-order valence-electron chi connectivity index (χ0n) is 21.9. The van der Waals surface area contributed by atoms with Crippen LogP contribution in [0, 0.1) is 11.6 Å². The van der Waals surface area contributed by atoms with Gasteiger partial charge in [0.2, 0.25) is 28.5 Å². The maximum Gasteiger partial charge on any atom is 0.228 e. The van der Waals surface area contributed by atoms with Crippen molar-refractivity contribution in [1.29, 1.82) is 0 Å². The molecule has 9 nitrogen and oxygen atoms in total. The van der Waals surface area contributed by atoms with Crippen LogP contribution in [-0.2, 0) is 10.9 Å². The molecular formula is C28H27F3N6O3S. The van der Waals surface area contributed by atoms with E-state index in [9.17, 15) is 12.8 Å². The van der Waals surface area contributed by atoms with Crippen LogP contribution in [0.25, 0.3) is 11.3 Å². The van der Waals surface area contributed by atoms with E-state index in [4.69, 9.17) is 4.74 Å². The van der Waals surface area contributed by atoms with Crippen LogP contribution in [0.1, 0.15) is 30.5 Å². The lowest BCUT2D eigenvalue weighted by Gasteiger charge is -2.33. The lowest BCUT2D eigenvalue weighted by Crippen LogP contribution is -2.50. The summed E-state index contributed by atoms with van der Waals surface area (Å²) in [7, 11) is -3.12. The minimum absolute atomic E-state index is 0.0424. The Bertz CT molecular complexity index is 1600. The Hall–Kier alpha value is -4.07. The number of ether oxygens (including phenoxy) is 1. The topological polar surface area (TPSA) is 118 Å². The number of pyridine rings is 1. The predicted octanol–water partition coefficient (Wildman–Crippen LogP) is 4.32. The molecule has 1 unspecified atom stereocenters. The fourth-order valence-electron chi connectivity index (χ4n) is 4.72. The number of nitrogens with zero attached hydrogens (tertiary/aromatic N) is 3. The second-order valence-corrected chi connectivity index (χ2v) is 10.6. The van der Waals surface area contributed by atoms with Gasteiger partial charge in [-0.25, -0.2) is 36.9 Å². The van der Waals surface area contributed by atoms with Crippen LogP contribution < -0.4 is 20.1 Å². The predicted molar refractivity (Wildman–Crippen MR) is 148 cm³/mol. The van der Waals surface area contributed by atoms with Crippen LogP contribution >= 0.6 is 0 Å². The molecule has 0 radical (unpaired) electrons. The van der Waals surface area contributed by atoms with Gasteiger partial charge in [0.1, 0.15) is 5.67 Å². The van der Waals surface area contributed by atoms with Crippen molar-refractivity contribution in [3.63, 3.8) is 0 Å². The van der Waals surface area contributed by atoms with Crippen molar-refractivity contribution in [2.75, 3.05) is 18.4 Å². The van der Waals surface area contributed by atoms with Crippen molar-refractivity contribution in [2.24, 2.45) is 0 Å². The number of hydrogen-bond acceptors (Lipinski definition) is 8. The second-order valence-electron chi connectivity index (χ2n) is 9.82. The molecule has 0 aliphatic carbocycles. The van der Waals surface area contributed by atoms with E-state index in [0.29, 0.717) is 23.4 Å². The quantitative estimate of drug-likeness (QED) is 0.215. The molecular weight excluding hydrogens is 557 g/mol. The highest BCUT2D eigenvalue weighted by molar-refractivity contribution is 7.70. The van der Waals surface area contributed by atoms with Gasteiger partial charge in [0.15, 0.2) is 11.6 Å². The maximum absolute atomic E-state index is 15.3. The van der Waals surface area contributed by atoms with Crippen LogP contribution in [0.15, 0.2) is 73.1 Å². The number of nitrogens with one attached hydrogen (secondary N) is 3. The molecule has 3 N–H and O–H groups in total. The third-order valence-electron chi connectivity index (χ3n) is 6.55. The van der Waals surface area contributed by atoms with Gasteiger partial charge in [-0.1, -0.05) is 36.4 Å². The summed E-state index contributed by atoms with van der Waals surface area (Å²) in [5.74, 6) is -2.81. The molecule has 3 atom stereocenters. The summed E-state index contributed by atoms with van der Waals surface area (Å²) in [6.07, 6.45) is 3.22. The van der Waals surface area contributed by atoms with E-state index in [-0.39, 0.29) is 36.4 Å². The summed E-state index contributed by atoms with van der Waals surface area (Å²) in [6, 6.07) is 14.2. The molecule has 214 valence electrons. The molecule has 1 fully saturated rings. The summed E-state index contributed by atoms with van der Waals surface area (Å²) < 4.78 is 75.9. The number of benzene rings is 2. The van der Waals surface area contributed by atoms with E-state index in [2.05, 4.69) is 30.3 Å². The normalized spacial score (nSPS) is 19.6. The van der Waals surface area contributed by atoms with Crippen molar-refractivity contribution < 1.29 is 26.3 Å². The molecule has 1 saturated heterocycles. The minimum Gasteiger partial charge on any atom is -0.435 e. The molecule has 0 bridgehead atoms. The largest absolute Gasteiger partial charge is 0.435 e. The number of thiol groups is 1. The Balaban J connectivity index is 1.42. The first-order chi connectivity index (χ1) is 19.7. The van der Waals surface area contributed by atoms with Gasteiger partial charge >= 0.3 is 0 Å². The fraction of sp³-hybridized carbons (Fsp3) is 0.250. The van der Waals surface area contributed by atoms with E-state index >= 15 is 8.78 Å². The molecule has 0 amide bonds. The molecule has 2 aromatic carbocycles. The Labute approximate surface area is 236 Å². The Morgan fingerprint density at radius 3 is 2.59 bits per heavy atom. The van der Waals surface area contributed by atoms with Gasteiger partial charge < -0.3 is 15.4 Å². The summed E-state index contributed by atoms with van der Waals surface area (Å²) in [5, 5.41) is 6.18. The molecule has 1 aliphatic rings. The van der Waals surface area contributed by atoms with Gasteiger partial charge in [0.05, 0.1) is 17.3 Å². The van der Waals surface area contributed by atoms with Gasteiger partial charge in [-0.05, 0) is 36.8 Å². The highest BCUT2D eigenvalue weighted by Crippen LogP contribution is 2.35. The standard InChI is InChI=1S/C28H27F3N6O3S/c1-28(31)14-18(15-32-16-28)35-27-34-13-11-21(36-27)19-8-5-12-33-26(19)40-22-10-9-20(23(29)24(22)30)25(37-41(38)39)17-6-3-2-4-7-17/h2-13,18,25,32,41H,14-16H2,1H3,(H,34,35,36)(H,37,38,39)/t18-,25?,28-/m0/s1. The summed E-state index contributed by atoms with van der Waals surface area (Å²) in [5.41, 5.74) is -0.376. The lowest BCUT2D eigenvalue weighted by atomic mass is 9.95. The molecule has 5 rings (SSSR count). The molecule has 3 heterocycles. The molecule has 0 saturated carbocycles. The molecule has 1 aliphatic heterocycles. The molecule has 41 heavy (non-hydrogen) atoms. The number of anilines is 1. The van der Waals surface area contributed by atoms with Crippen LogP contribution in [-0.4, -0.2) is 48.2 Å². The highest BCUT2D eigenvalue weighted by atomic mass is 32.2. The van der Waals surface area contributed by atoms with Crippen molar-refractivity contribution in [1.82, 2.24) is 25.0 Å². The molecule has 2 aromatic heterocycles. The first-order valence-corrected chi connectivity index (χ1v) is 13.9. The van der Waals surface area contributed by atoms with Crippen molar-refractivity contribution in [2.45, 2.75) is 31.1 Å². The van der Waals surface area contributed by atoms with Crippen molar-refractivity contribution in [3.05, 3.63) is 95.8 Å². The minimum atomic E-state index is -3.12. The third-order valence-corrected chi connectivity index (χ3v) is 7.02. The highest BCUT2D eigenvalue weighted by Gasteiger charge is 2.32. The van der Waals surface area contributed by atoms with Crippen molar-refractivity contribution >= 4 is 16.8 Å². The number of hydrogen-bond donors (Lipinski definition) is 4. The van der Waals surface area contributed by atoms with Crippen LogP contribution in [0.2, 0.25) is 0 Å². The van der Waals surface area contributed by atoms with E-state index < -0.39 is 40.0 Å². The monoisotopic (exact) mass is 584 g/mol. The van der Waals surface area contributed by atoms with E-state index in [1.165, 1.54) is 31.5 Å². The number of aromatic nitrogens is 3. The first-order valence-electron chi connectivity index (χ1n) is 12.8. The Morgan fingerprint density at radius 1 is 1.02 bits per heavy atom. The number of halogens is 3. The van der Waals surface area contributed by atoms with Gasteiger partial charge in [0, 0.05) is 43.5 Å². The van der Waals surface area contributed by atoms with Crippen LogP contribution in [0.4, 0.5) is 19.1 Å². The van der Waals surface area contributed by atoms with Gasteiger partial charge in [0.25, 0.3) is 0 Å². The van der Waals surface area contributed by atoms with Gasteiger partial charge in [-0.15, -0.1) is 0 Å². The van der Waals surface area contributed by atoms with E-state index in [1.807, 2.05) is 0 Å².